The van der Waals surface area contributed by atoms with Gasteiger partial charge in [0.25, 0.3) is 0 Å². The van der Waals surface area contributed by atoms with E-state index < -0.39 is 0 Å². The number of aryl methyl sites for hydroxylation is 1. The Morgan fingerprint density at radius 3 is 2.48 bits per heavy atom. The van der Waals surface area contributed by atoms with E-state index in [1.54, 1.807) is 29.7 Å². The van der Waals surface area contributed by atoms with Gasteiger partial charge in [-0.15, -0.1) is 11.3 Å². The number of carbonyl (C=O) groups excluding carboxylic acids is 2. The van der Waals surface area contributed by atoms with E-state index in [4.69, 9.17) is 0 Å². The molecule has 0 aliphatic rings. The zero-order chi connectivity index (χ0) is 16.7. The number of hydrogen-bond acceptors (Lipinski definition) is 4. The van der Waals surface area contributed by atoms with Gasteiger partial charge in [0.15, 0.2) is 0 Å². The molecular weight excluding hydrogens is 378 g/mol. The van der Waals surface area contributed by atoms with Crippen LogP contribution in [0.5, 0.6) is 0 Å². The largest absolute Gasteiger partial charge is 0.326 e. The Morgan fingerprint density at radius 1 is 1.13 bits per heavy atom. The number of hydrogen-bond donors (Lipinski definition) is 2. The average Bonchev–Trinajstić information content (AvgIpc) is 2.93. The Morgan fingerprint density at radius 2 is 1.83 bits per heavy atom. The highest BCUT2D eigenvalue weighted by Gasteiger charge is 2.06. The number of anilines is 1. The van der Waals surface area contributed by atoms with Crippen LogP contribution < -0.4 is 10.7 Å². The van der Waals surface area contributed by atoms with E-state index in [0.717, 1.165) is 9.35 Å². The number of halogens is 1. The van der Waals surface area contributed by atoms with Crippen LogP contribution in [0.25, 0.3) is 0 Å². The topological polar surface area (TPSA) is 70.6 Å². The molecular formula is C16H16BrN3O2S. The maximum absolute atomic E-state index is 11.8. The fraction of sp³-hybridized carbons (Fsp3) is 0.188. The molecule has 0 bridgehead atoms. The third-order valence-corrected chi connectivity index (χ3v) is 4.31. The fourth-order valence-electron chi connectivity index (χ4n) is 1.73. The summed E-state index contributed by atoms with van der Waals surface area (Å²) in [7, 11) is 0. The second-order valence-corrected chi connectivity index (χ2v) is 7.03. The number of thiophene rings is 1. The molecule has 0 aliphatic heterocycles. The molecule has 5 nitrogen and oxygen atoms in total. The molecule has 2 aromatic rings. The molecule has 0 aliphatic carbocycles. The van der Waals surface area contributed by atoms with Crippen molar-refractivity contribution in [2.45, 2.75) is 19.8 Å². The number of amides is 2. The van der Waals surface area contributed by atoms with Gasteiger partial charge in [-0.25, -0.2) is 5.43 Å². The molecule has 2 rings (SSSR count). The molecule has 120 valence electrons. The Labute approximate surface area is 146 Å². The van der Waals surface area contributed by atoms with Gasteiger partial charge in [-0.05, 0) is 43.3 Å². The Kier molecular flexibility index (Phi) is 6.49. The van der Waals surface area contributed by atoms with Crippen LogP contribution in [0.15, 0.2) is 46.0 Å². The minimum atomic E-state index is -0.291. The normalized spacial score (nSPS) is 10.7. The molecule has 2 N–H and O–H groups in total. The minimum Gasteiger partial charge on any atom is -0.326 e. The molecule has 0 saturated heterocycles. The van der Waals surface area contributed by atoms with Crippen molar-refractivity contribution < 1.29 is 9.59 Å². The third-order valence-electron chi connectivity index (χ3n) is 2.85. The molecule has 1 aromatic heterocycles. The van der Waals surface area contributed by atoms with Gasteiger partial charge in [0.05, 0.1) is 6.21 Å². The molecule has 0 fully saturated rings. The predicted molar refractivity (Wildman–Crippen MR) is 96.8 cm³/mol. The maximum atomic E-state index is 11.8. The highest BCUT2D eigenvalue weighted by Crippen LogP contribution is 2.14. The van der Waals surface area contributed by atoms with Gasteiger partial charge in [-0.3, -0.25) is 9.59 Å². The van der Waals surface area contributed by atoms with E-state index in [2.05, 4.69) is 31.8 Å². The second-order valence-electron chi connectivity index (χ2n) is 4.80. The van der Waals surface area contributed by atoms with Gasteiger partial charge in [-0.2, -0.15) is 5.10 Å². The van der Waals surface area contributed by atoms with Crippen molar-refractivity contribution in [3.63, 3.8) is 0 Å². The van der Waals surface area contributed by atoms with Crippen molar-refractivity contribution in [2.75, 3.05) is 5.32 Å². The first-order valence-corrected chi connectivity index (χ1v) is 8.57. The van der Waals surface area contributed by atoms with Crippen molar-refractivity contribution in [2.24, 2.45) is 5.10 Å². The average molecular weight is 394 g/mol. The SMILES string of the molecule is Cc1ccc(/C=N/NC(=O)CCC(=O)Nc2ccc(Br)cc2)s1. The number of carbonyl (C=O) groups is 2. The summed E-state index contributed by atoms with van der Waals surface area (Å²) in [6, 6.07) is 11.2. The van der Waals surface area contributed by atoms with Gasteiger partial charge in [0.1, 0.15) is 0 Å². The lowest BCUT2D eigenvalue weighted by molar-refractivity contribution is -0.124. The number of hydrazone groups is 1. The molecule has 23 heavy (non-hydrogen) atoms. The van der Waals surface area contributed by atoms with E-state index in [0.29, 0.717) is 5.69 Å². The van der Waals surface area contributed by atoms with Crippen LogP contribution >= 0.6 is 27.3 Å². The van der Waals surface area contributed by atoms with Crippen molar-refractivity contribution >= 4 is 51.0 Å². The monoisotopic (exact) mass is 393 g/mol. The lowest BCUT2D eigenvalue weighted by atomic mass is 10.2. The van der Waals surface area contributed by atoms with Crippen LogP contribution in [0.3, 0.4) is 0 Å². The van der Waals surface area contributed by atoms with Crippen molar-refractivity contribution in [3.8, 4) is 0 Å². The summed E-state index contributed by atoms with van der Waals surface area (Å²) in [5, 5.41) is 6.61. The highest BCUT2D eigenvalue weighted by atomic mass is 79.9. The van der Waals surface area contributed by atoms with Crippen LogP contribution in [0.4, 0.5) is 5.69 Å². The summed E-state index contributed by atoms with van der Waals surface area (Å²) >= 11 is 4.92. The highest BCUT2D eigenvalue weighted by molar-refractivity contribution is 9.10. The fourth-order valence-corrected chi connectivity index (χ4v) is 2.74. The van der Waals surface area contributed by atoms with Crippen molar-refractivity contribution in [3.05, 3.63) is 50.6 Å². The zero-order valence-electron chi connectivity index (χ0n) is 12.5. The first-order chi connectivity index (χ1) is 11.0. The van der Waals surface area contributed by atoms with Gasteiger partial charge >= 0.3 is 0 Å². The molecule has 0 spiro atoms. The molecule has 0 atom stereocenters. The van der Waals surface area contributed by atoms with Gasteiger partial charge in [0, 0.05) is 32.8 Å². The summed E-state index contributed by atoms with van der Waals surface area (Å²) in [6.45, 7) is 2.00. The van der Waals surface area contributed by atoms with E-state index in [9.17, 15) is 9.59 Å². The Balaban J connectivity index is 1.70. The van der Waals surface area contributed by atoms with E-state index >= 15 is 0 Å². The zero-order valence-corrected chi connectivity index (χ0v) is 14.9. The maximum Gasteiger partial charge on any atom is 0.240 e. The van der Waals surface area contributed by atoms with Crippen LogP contribution in [0.2, 0.25) is 0 Å². The van der Waals surface area contributed by atoms with Crippen LogP contribution in [-0.2, 0) is 9.59 Å². The summed E-state index contributed by atoms with van der Waals surface area (Å²) in [5.41, 5.74) is 3.12. The third kappa shape index (κ3) is 6.33. The van der Waals surface area contributed by atoms with Crippen molar-refractivity contribution in [1.82, 2.24) is 5.43 Å². The van der Waals surface area contributed by atoms with Crippen LogP contribution in [-0.4, -0.2) is 18.0 Å². The van der Waals surface area contributed by atoms with Gasteiger partial charge < -0.3 is 5.32 Å². The lowest BCUT2D eigenvalue weighted by Crippen LogP contribution is -2.20. The number of nitrogens with one attached hydrogen (secondary N) is 2. The minimum absolute atomic E-state index is 0.0865. The number of benzene rings is 1. The summed E-state index contributed by atoms with van der Waals surface area (Å²) < 4.78 is 0.939. The van der Waals surface area contributed by atoms with Gasteiger partial charge in [0.2, 0.25) is 11.8 Å². The molecule has 1 aromatic carbocycles. The van der Waals surface area contributed by atoms with E-state index in [1.165, 1.54) is 4.88 Å². The smallest absolute Gasteiger partial charge is 0.240 e. The molecule has 7 heteroatoms. The van der Waals surface area contributed by atoms with E-state index in [-0.39, 0.29) is 24.7 Å². The van der Waals surface area contributed by atoms with Gasteiger partial charge in [-0.1, -0.05) is 15.9 Å². The molecule has 1 heterocycles. The molecule has 0 unspecified atom stereocenters. The predicted octanol–water partition coefficient (Wildman–Crippen LogP) is 3.69. The van der Waals surface area contributed by atoms with Crippen molar-refractivity contribution in [1.29, 1.82) is 0 Å². The number of nitrogens with zero attached hydrogens (tertiary/aromatic N) is 1. The first kappa shape index (κ1) is 17.4. The molecule has 2 amide bonds. The quantitative estimate of drug-likeness (QED) is 0.580. The van der Waals surface area contributed by atoms with Crippen LogP contribution in [0, 0.1) is 6.92 Å². The summed E-state index contributed by atoms with van der Waals surface area (Å²) in [5.74, 6) is -0.499. The first-order valence-electron chi connectivity index (χ1n) is 6.97. The molecule has 0 radical (unpaired) electrons. The Bertz CT molecular complexity index is 710. The standard InChI is InChI=1S/C16H16BrN3O2S/c1-11-2-7-14(23-11)10-18-20-16(22)9-8-15(21)19-13-5-3-12(17)4-6-13/h2-7,10H,8-9H2,1H3,(H,19,21)(H,20,22)/b18-10+. The Hall–Kier alpha value is -1.99. The van der Waals surface area contributed by atoms with Crippen LogP contribution in [0.1, 0.15) is 22.6 Å². The van der Waals surface area contributed by atoms with E-state index in [1.807, 2.05) is 31.2 Å². The summed E-state index contributed by atoms with van der Waals surface area (Å²) in [6.07, 6.45) is 1.79. The summed E-state index contributed by atoms with van der Waals surface area (Å²) in [4.78, 5) is 25.5. The number of rotatable bonds is 6. The lowest BCUT2D eigenvalue weighted by Gasteiger charge is -2.04. The molecule has 0 saturated carbocycles. The second kappa shape index (κ2) is 8.59.